The van der Waals surface area contributed by atoms with Gasteiger partial charge in [0.1, 0.15) is 4.83 Å². The van der Waals surface area contributed by atoms with Crippen molar-refractivity contribution in [3.05, 3.63) is 50.1 Å². The number of thiophene rings is 1. The van der Waals surface area contributed by atoms with Gasteiger partial charge in [-0.2, -0.15) is 5.26 Å². The van der Waals surface area contributed by atoms with Crippen LogP contribution in [0.5, 0.6) is 0 Å². The fourth-order valence-corrected chi connectivity index (χ4v) is 6.03. The molecule has 1 aliphatic carbocycles. The number of nitrogens with one attached hydrogen (secondary N) is 1. The fourth-order valence-electron chi connectivity index (χ4n) is 3.89. The van der Waals surface area contributed by atoms with Crippen LogP contribution in [-0.2, 0) is 17.6 Å². The van der Waals surface area contributed by atoms with Crippen LogP contribution in [0, 0.1) is 25.2 Å². The van der Waals surface area contributed by atoms with Crippen molar-refractivity contribution in [1.29, 1.82) is 5.26 Å². The number of aryl methyl sites for hydroxylation is 4. The lowest BCUT2D eigenvalue weighted by atomic mass is 9.97. The lowest BCUT2D eigenvalue weighted by Gasteiger charge is -2.16. The zero-order valence-corrected chi connectivity index (χ0v) is 19.3. The average molecular weight is 453 g/mol. The normalized spacial score (nSPS) is 13.1. The maximum absolute atomic E-state index is 13.8. The second-order valence-corrected chi connectivity index (χ2v) is 9.79. The van der Waals surface area contributed by atoms with Crippen molar-refractivity contribution in [1.82, 2.24) is 14.9 Å². The Kier molecular flexibility index (Phi) is 6.44. The lowest BCUT2D eigenvalue weighted by Crippen LogP contribution is -2.27. The van der Waals surface area contributed by atoms with Crippen molar-refractivity contribution in [2.45, 2.75) is 51.1 Å². The van der Waals surface area contributed by atoms with Gasteiger partial charge in [0.05, 0.1) is 29.3 Å². The van der Waals surface area contributed by atoms with Crippen LogP contribution in [-0.4, -0.2) is 27.8 Å². The maximum atomic E-state index is 13.8. The van der Waals surface area contributed by atoms with Gasteiger partial charge in [0.2, 0.25) is 5.91 Å². The number of amides is 1. The molecule has 0 bridgehead atoms. The smallest absolute Gasteiger partial charge is 0.267 e. The summed E-state index contributed by atoms with van der Waals surface area (Å²) in [6, 6.07) is 8.05. The first-order chi connectivity index (χ1) is 15.0. The quantitative estimate of drug-likeness (QED) is 0.346. The number of fused-ring (bicyclic) bond motifs is 3. The number of thioether (sulfide) groups is 1. The number of hydrogen-bond acceptors (Lipinski definition) is 6. The van der Waals surface area contributed by atoms with Crippen molar-refractivity contribution in [3.63, 3.8) is 0 Å². The molecule has 2 heterocycles. The molecule has 0 spiro atoms. The summed E-state index contributed by atoms with van der Waals surface area (Å²) in [6.07, 6.45) is 4.45. The van der Waals surface area contributed by atoms with Crippen LogP contribution >= 0.6 is 23.1 Å². The molecule has 1 aromatic carbocycles. The monoisotopic (exact) mass is 452 g/mol. The molecule has 0 unspecified atom stereocenters. The molecule has 0 radical (unpaired) electrons. The Morgan fingerprint density at radius 1 is 1.32 bits per heavy atom. The minimum absolute atomic E-state index is 0.0505. The molecule has 4 rings (SSSR count). The van der Waals surface area contributed by atoms with E-state index in [0.717, 1.165) is 58.3 Å². The predicted octanol–water partition coefficient (Wildman–Crippen LogP) is 4.06. The van der Waals surface area contributed by atoms with Gasteiger partial charge in [-0.3, -0.25) is 14.2 Å². The van der Waals surface area contributed by atoms with Crippen LogP contribution < -0.4 is 10.9 Å². The summed E-state index contributed by atoms with van der Waals surface area (Å²) in [5.74, 6) is -0.0353. The Morgan fingerprint density at radius 2 is 2.13 bits per heavy atom. The molecule has 31 heavy (non-hydrogen) atoms. The van der Waals surface area contributed by atoms with Gasteiger partial charge in [0, 0.05) is 11.4 Å². The van der Waals surface area contributed by atoms with E-state index in [0.29, 0.717) is 11.7 Å². The summed E-state index contributed by atoms with van der Waals surface area (Å²) >= 11 is 2.88. The van der Waals surface area contributed by atoms with Gasteiger partial charge in [0.25, 0.3) is 5.56 Å². The molecule has 160 valence electrons. The molecule has 3 aromatic rings. The summed E-state index contributed by atoms with van der Waals surface area (Å²) in [7, 11) is 0. The topological polar surface area (TPSA) is 87.8 Å². The SMILES string of the molecule is Cc1ccc(C)c(-n2c(SCC(=O)NCCC#N)nc3sc4c(c3c2=O)CCCC4)c1. The average Bonchev–Trinajstić information content (AvgIpc) is 3.13. The van der Waals surface area contributed by atoms with E-state index in [4.69, 9.17) is 10.2 Å². The highest BCUT2D eigenvalue weighted by molar-refractivity contribution is 7.99. The Labute approximate surface area is 189 Å². The van der Waals surface area contributed by atoms with E-state index < -0.39 is 0 Å². The molecule has 1 aliphatic rings. The molecule has 1 amide bonds. The molecule has 0 atom stereocenters. The molecule has 0 fully saturated rings. The van der Waals surface area contributed by atoms with Crippen LogP contribution in [0.3, 0.4) is 0 Å². The molecular weight excluding hydrogens is 428 g/mol. The maximum Gasteiger partial charge on any atom is 0.267 e. The van der Waals surface area contributed by atoms with Gasteiger partial charge in [-0.05, 0) is 62.3 Å². The first-order valence-electron chi connectivity index (χ1n) is 10.4. The lowest BCUT2D eigenvalue weighted by molar-refractivity contribution is -0.118. The Balaban J connectivity index is 1.82. The number of nitrogens with zero attached hydrogens (tertiary/aromatic N) is 3. The van der Waals surface area contributed by atoms with Crippen molar-refractivity contribution < 1.29 is 4.79 Å². The molecule has 0 saturated carbocycles. The molecule has 1 N–H and O–H groups in total. The van der Waals surface area contributed by atoms with Crippen LogP contribution in [0.15, 0.2) is 28.2 Å². The van der Waals surface area contributed by atoms with Gasteiger partial charge in [-0.15, -0.1) is 11.3 Å². The van der Waals surface area contributed by atoms with Crippen molar-refractivity contribution in [2.75, 3.05) is 12.3 Å². The third-order valence-corrected chi connectivity index (χ3v) is 7.58. The molecule has 2 aromatic heterocycles. The number of aromatic nitrogens is 2. The molecule has 6 nitrogen and oxygen atoms in total. The van der Waals surface area contributed by atoms with Gasteiger partial charge in [0.15, 0.2) is 5.16 Å². The Bertz CT molecular complexity index is 1250. The van der Waals surface area contributed by atoms with Gasteiger partial charge in [-0.25, -0.2) is 4.98 Å². The van der Waals surface area contributed by atoms with Crippen molar-refractivity contribution in [3.8, 4) is 11.8 Å². The largest absolute Gasteiger partial charge is 0.354 e. The summed E-state index contributed by atoms with van der Waals surface area (Å²) in [6.45, 7) is 4.31. The van der Waals surface area contributed by atoms with E-state index >= 15 is 0 Å². The third kappa shape index (κ3) is 4.39. The van der Waals surface area contributed by atoms with E-state index in [1.807, 2.05) is 38.1 Å². The second-order valence-electron chi connectivity index (χ2n) is 7.76. The number of benzene rings is 1. The van der Waals surface area contributed by atoms with Gasteiger partial charge in [-0.1, -0.05) is 23.9 Å². The van der Waals surface area contributed by atoms with Crippen molar-refractivity contribution in [2.24, 2.45) is 0 Å². The predicted molar refractivity (Wildman–Crippen MR) is 125 cm³/mol. The number of rotatable bonds is 6. The fraction of sp³-hybridized carbons (Fsp3) is 0.391. The number of nitriles is 1. The standard InChI is InChI=1S/C23H24N4O2S2/c1-14-8-9-15(2)17(12-14)27-22(29)20-16-6-3-4-7-18(16)31-21(20)26-23(27)30-13-19(28)25-11-5-10-24/h8-9,12H,3-7,11,13H2,1-2H3,(H,25,28). The first-order valence-corrected chi connectivity index (χ1v) is 12.2. The highest BCUT2D eigenvalue weighted by atomic mass is 32.2. The molecular formula is C23H24N4O2S2. The minimum atomic E-state index is -0.174. The van der Waals surface area contributed by atoms with Gasteiger partial charge >= 0.3 is 0 Å². The number of hydrogen-bond donors (Lipinski definition) is 1. The van der Waals surface area contributed by atoms with Gasteiger partial charge < -0.3 is 5.32 Å². The summed E-state index contributed by atoms with van der Waals surface area (Å²) in [4.78, 5) is 32.9. The number of carbonyl (C=O) groups excluding carboxylic acids is 1. The summed E-state index contributed by atoms with van der Waals surface area (Å²) < 4.78 is 1.68. The third-order valence-electron chi connectivity index (χ3n) is 5.46. The number of carbonyl (C=O) groups is 1. The zero-order chi connectivity index (χ0) is 22.0. The second kappa shape index (κ2) is 9.25. The highest BCUT2D eigenvalue weighted by Crippen LogP contribution is 2.35. The van der Waals surface area contributed by atoms with Crippen LogP contribution in [0.1, 0.15) is 40.8 Å². The van der Waals surface area contributed by atoms with E-state index in [2.05, 4.69) is 5.32 Å². The van der Waals surface area contributed by atoms with E-state index in [-0.39, 0.29) is 23.6 Å². The molecule has 0 aliphatic heterocycles. The van der Waals surface area contributed by atoms with Crippen LogP contribution in [0.4, 0.5) is 0 Å². The van der Waals surface area contributed by atoms with E-state index in [9.17, 15) is 9.59 Å². The van der Waals surface area contributed by atoms with E-state index in [1.165, 1.54) is 16.6 Å². The highest BCUT2D eigenvalue weighted by Gasteiger charge is 2.23. The first kappa shape index (κ1) is 21.6. The summed E-state index contributed by atoms with van der Waals surface area (Å²) in [5.41, 5.74) is 3.96. The van der Waals surface area contributed by atoms with E-state index in [1.54, 1.807) is 15.9 Å². The van der Waals surface area contributed by atoms with Crippen LogP contribution in [0.25, 0.3) is 15.9 Å². The van der Waals surface area contributed by atoms with Crippen molar-refractivity contribution >= 4 is 39.2 Å². The molecule has 0 saturated heterocycles. The van der Waals surface area contributed by atoms with Crippen LogP contribution in [0.2, 0.25) is 0 Å². The summed E-state index contributed by atoms with van der Waals surface area (Å²) in [5, 5.41) is 12.6. The minimum Gasteiger partial charge on any atom is -0.354 e. The Morgan fingerprint density at radius 3 is 2.94 bits per heavy atom. The zero-order valence-electron chi connectivity index (χ0n) is 17.7. The Hall–Kier alpha value is -2.63. The molecule has 8 heteroatoms.